The van der Waals surface area contributed by atoms with Crippen LogP contribution < -0.4 is 5.32 Å². The Morgan fingerprint density at radius 1 is 1.45 bits per heavy atom. The van der Waals surface area contributed by atoms with Crippen LogP contribution in [-0.2, 0) is 0 Å². The lowest BCUT2D eigenvalue weighted by Crippen LogP contribution is -2.47. The topological polar surface area (TPSA) is 35.6 Å². The molecular weight excluding hydrogens is 250 g/mol. The van der Waals surface area contributed by atoms with Crippen LogP contribution in [0.3, 0.4) is 0 Å². The van der Waals surface area contributed by atoms with E-state index in [0.717, 1.165) is 42.7 Å². The van der Waals surface area contributed by atoms with Crippen LogP contribution in [0.1, 0.15) is 28.8 Å². The third kappa shape index (κ3) is 3.12. The molecule has 1 fully saturated rings. The molecule has 4 nitrogen and oxygen atoms in total. The minimum Gasteiger partial charge on any atom is -0.388 e. The van der Waals surface area contributed by atoms with Crippen LogP contribution in [0.5, 0.6) is 0 Å². The predicted molar refractivity (Wildman–Crippen MR) is 83.3 cm³/mol. The van der Waals surface area contributed by atoms with Crippen molar-refractivity contribution in [1.82, 2.24) is 9.80 Å². The number of anilines is 1. The van der Waals surface area contributed by atoms with Gasteiger partial charge in [-0.2, -0.15) is 0 Å². The maximum atomic E-state index is 12.6. The third-order valence-corrected chi connectivity index (χ3v) is 4.21. The summed E-state index contributed by atoms with van der Waals surface area (Å²) < 4.78 is 0. The van der Waals surface area contributed by atoms with E-state index >= 15 is 0 Å². The molecule has 1 aliphatic rings. The average Bonchev–Trinajstić information content (AvgIpc) is 2.45. The highest BCUT2D eigenvalue weighted by Crippen LogP contribution is 2.19. The first-order valence-corrected chi connectivity index (χ1v) is 7.27. The maximum Gasteiger partial charge on any atom is 0.253 e. The minimum atomic E-state index is 0.121. The molecule has 0 aromatic heterocycles. The van der Waals surface area contributed by atoms with Crippen molar-refractivity contribution in [2.75, 3.05) is 39.5 Å². The molecule has 0 aliphatic carbocycles. The monoisotopic (exact) mass is 275 g/mol. The molecule has 1 heterocycles. The van der Waals surface area contributed by atoms with E-state index < -0.39 is 0 Å². The van der Waals surface area contributed by atoms with Gasteiger partial charge in [-0.05, 0) is 57.1 Å². The Balaban J connectivity index is 2.11. The number of carbonyl (C=O) groups excluding carboxylic acids is 1. The van der Waals surface area contributed by atoms with Gasteiger partial charge in [0, 0.05) is 37.9 Å². The SMILES string of the molecule is CNc1ccc(C(=O)N(C)C2CCCN(C)C2)cc1C. The number of nitrogens with zero attached hydrogens (tertiary/aromatic N) is 2. The molecule has 1 aromatic rings. The smallest absolute Gasteiger partial charge is 0.253 e. The van der Waals surface area contributed by atoms with Gasteiger partial charge in [-0.15, -0.1) is 0 Å². The molecule has 0 radical (unpaired) electrons. The largest absolute Gasteiger partial charge is 0.388 e. The van der Waals surface area contributed by atoms with Crippen LogP contribution in [-0.4, -0.2) is 56.0 Å². The number of carbonyl (C=O) groups is 1. The second-order valence-electron chi connectivity index (χ2n) is 5.75. The second kappa shape index (κ2) is 6.27. The van der Waals surface area contributed by atoms with Gasteiger partial charge in [0.25, 0.3) is 5.91 Å². The summed E-state index contributed by atoms with van der Waals surface area (Å²) in [6.07, 6.45) is 2.26. The van der Waals surface area contributed by atoms with Crippen molar-refractivity contribution in [3.05, 3.63) is 29.3 Å². The van der Waals surface area contributed by atoms with E-state index in [0.29, 0.717) is 6.04 Å². The highest BCUT2D eigenvalue weighted by Gasteiger charge is 2.25. The standard InChI is InChI=1S/C16H25N3O/c1-12-10-13(7-8-15(12)17-2)16(20)19(4)14-6-5-9-18(3)11-14/h7-8,10,14,17H,5-6,9,11H2,1-4H3. The number of hydrogen-bond donors (Lipinski definition) is 1. The minimum absolute atomic E-state index is 0.121. The Morgan fingerprint density at radius 3 is 2.80 bits per heavy atom. The van der Waals surface area contributed by atoms with Crippen LogP contribution in [0.15, 0.2) is 18.2 Å². The summed E-state index contributed by atoms with van der Waals surface area (Å²) >= 11 is 0. The summed E-state index contributed by atoms with van der Waals surface area (Å²) in [7, 11) is 5.94. The van der Waals surface area contributed by atoms with Crippen LogP contribution in [0.25, 0.3) is 0 Å². The molecule has 1 aliphatic heterocycles. The zero-order chi connectivity index (χ0) is 14.7. The zero-order valence-electron chi connectivity index (χ0n) is 12.9. The van der Waals surface area contributed by atoms with Gasteiger partial charge < -0.3 is 15.1 Å². The molecule has 1 aromatic carbocycles. The normalized spacial score (nSPS) is 19.7. The molecule has 0 saturated carbocycles. The highest BCUT2D eigenvalue weighted by molar-refractivity contribution is 5.95. The molecule has 1 amide bonds. The van der Waals surface area contributed by atoms with Crippen molar-refractivity contribution in [2.45, 2.75) is 25.8 Å². The maximum absolute atomic E-state index is 12.6. The number of likely N-dealkylation sites (N-methyl/N-ethyl adjacent to an activating group) is 2. The summed E-state index contributed by atoms with van der Waals surface area (Å²) in [5.41, 5.74) is 2.95. The average molecular weight is 275 g/mol. The summed E-state index contributed by atoms with van der Waals surface area (Å²) in [6, 6.07) is 6.18. The van der Waals surface area contributed by atoms with Crippen molar-refractivity contribution in [2.24, 2.45) is 0 Å². The van der Waals surface area contributed by atoms with Crippen LogP contribution in [0, 0.1) is 6.92 Å². The molecule has 4 heteroatoms. The Hall–Kier alpha value is -1.55. The molecule has 2 rings (SSSR count). The van der Waals surface area contributed by atoms with E-state index in [2.05, 4.69) is 17.3 Å². The van der Waals surface area contributed by atoms with Crippen LogP contribution >= 0.6 is 0 Å². The van der Waals surface area contributed by atoms with Crippen molar-refractivity contribution in [3.63, 3.8) is 0 Å². The van der Waals surface area contributed by atoms with Gasteiger partial charge in [0.05, 0.1) is 0 Å². The van der Waals surface area contributed by atoms with E-state index in [9.17, 15) is 4.79 Å². The van der Waals surface area contributed by atoms with Gasteiger partial charge in [-0.1, -0.05) is 0 Å². The van der Waals surface area contributed by atoms with Gasteiger partial charge in [0.15, 0.2) is 0 Å². The van der Waals surface area contributed by atoms with Crippen molar-refractivity contribution in [1.29, 1.82) is 0 Å². The van der Waals surface area contributed by atoms with E-state index in [4.69, 9.17) is 0 Å². The number of benzene rings is 1. The molecular formula is C16H25N3O. The fourth-order valence-corrected chi connectivity index (χ4v) is 2.90. The summed E-state index contributed by atoms with van der Waals surface area (Å²) in [5.74, 6) is 0.121. The Bertz CT molecular complexity index is 487. The second-order valence-corrected chi connectivity index (χ2v) is 5.75. The number of rotatable bonds is 3. The first-order valence-electron chi connectivity index (χ1n) is 7.27. The predicted octanol–water partition coefficient (Wildman–Crippen LogP) is 2.20. The quantitative estimate of drug-likeness (QED) is 0.918. The van der Waals surface area contributed by atoms with Gasteiger partial charge in [-0.25, -0.2) is 0 Å². The molecule has 1 N–H and O–H groups in total. The molecule has 110 valence electrons. The zero-order valence-corrected chi connectivity index (χ0v) is 12.9. The number of piperidine rings is 1. The Morgan fingerprint density at radius 2 is 2.20 bits per heavy atom. The first kappa shape index (κ1) is 14.9. The summed E-state index contributed by atoms with van der Waals surface area (Å²) in [4.78, 5) is 16.8. The molecule has 1 atom stereocenters. The van der Waals surface area contributed by atoms with Gasteiger partial charge >= 0.3 is 0 Å². The van der Waals surface area contributed by atoms with E-state index in [1.165, 1.54) is 0 Å². The Kier molecular flexibility index (Phi) is 4.65. The third-order valence-electron chi connectivity index (χ3n) is 4.21. The number of hydrogen-bond acceptors (Lipinski definition) is 3. The number of likely N-dealkylation sites (tertiary alicyclic amines) is 1. The molecule has 1 unspecified atom stereocenters. The van der Waals surface area contributed by atoms with Gasteiger partial charge in [-0.3, -0.25) is 4.79 Å². The number of aryl methyl sites for hydroxylation is 1. The van der Waals surface area contributed by atoms with Gasteiger partial charge in [0.1, 0.15) is 0 Å². The van der Waals surface area contributed by atoms with Gasteiger partial charge in [0.2, 0.25) is 0 Å². The van der Waals surface area contributed by atoms with Crippen LogP contribution in [0.4, 0.5) is 5.69 Å². The van der Waals surface area contributed by atoms with Crippen molar-refractivity contribution in [3.8, 4) is 0 Å². The first-order chi connectivity index (χ1) is 9.52. The fourth-order valence-electron chi connectivity index (χ4n) is 2.90. The Labute approximate surface area is 121 Å². The molecule has 0 spiro atoms. The lowest BCUT2D eigenvalue weighted by molar-refractivity contribution is 0.0644. The summed E-state index contributed by atoms with van der Waals surface area (Å²) in [5, 5.41) is 3.13. The molecule has 20 heavy (non-hydrogen) atoms. The summed E-state index contributed by atoms with van der Waals surface area (Å²) in [6.45, 7) is 4.13. The molecule has 0 bridgehead atoms. The lowest BCUT2D eigenvalue weighted by atomic mass is 10.0. The fraction of sp³-hybridized carbons (Fsp3) is 0.562. The van der Waals surface area contributed by atoms with Crippen molar-refractivity contribution >= 4 is 11.6 Å². The van der Waals surface area contributed by atoms with E-state index in [1.807, 2.05) is 44.1 Å². The number of amides is 1. The van der Waals surface area contributed by atoms with E-state index in [-0.39, 0.29) is 5.91 Å². The van der Waals surface area contributed by atoms with Crippen LogP contribution in [0.2, 0.25) is 0 Å². The highest BCUT2D eigenvalue weighted by atomic mass is 16.2. The van der Waals surface area contributed by atoms with Crippen molar-refractivity contribution < 1.29 is 4.79 Å². The lowest BCUT2D eigenvalue weighted by Gasteiger charge is -2.36. The number of nitrogens with one attached hydrogen (secondary N) is 1. The molecule has 1 saturated heterocycles. The van der Waals surface area contributed by atoms with E-state index in [1.54, 1.807) is 0 Å².